The van der Waals surface area contributed by atoms with Crippen molar-refractivity contribution in [3.63, 3.8) is 0 Å². The first-order valence-electron chi connectivity index (χ1n) is 5.33. The molecule has 0 aromatic heterocycles. The Balaban J connectivity index is 3.07. The van der Waals surface area contributed by atoms with Crippen LogP contribution in [0.4, 0.5) is 9.18 Å². The van der Waals surface area contributed by atoms with Crippen molar-refractivity contribution in [2.75, 3.05) is 0 Å². The van der Waals surface area contributed by atoms with E-state index in [1.807, 2.05) is 0 Å². The van der Waals surface area contributed by atoms with Crippen LogP contribution in [-0.4, -0.2) is 20.1 Å². The van der Waals surface area contributed by atoms with Gasteiger partial charge in [-0.2, -0.15) is 0 Å². The van der Waals surface area contributed by atoms with Crippen molar-refractivity contribution in [2.24, 2.45) is 0 Å². The molecule has 0 saturated heterocycles. The lowest BCUT2D eigenvalue weighted by Crippen LogP contribution is -2.36. The number of benzene rings is 1. The minimum absolute atomic E-state index is 0.00374. The first-order valence-corrected chi connectivity index (χ1v) is 7.98. The molecule has 1 N–H and O–H groups in total. The zero-order chi connectivity index (χ0) is 15.7. The van der Waals surface area contributed by atoms with Crippen LogP contribution in [0.1, 0.15) is 20.8 Å². The van der Waals surface area contributed by atoms with Crippen LogP contribution >= 0.6 is 27.5 Å². The summed E-state index contributed by atoms with van der Waals surface area (Å²) >= 11 is 8.67. The standard InChI is InChI=1S/C11H12BrClFNO4S/c1-11(2,3)19-10(16)15-20(17,18)9-5-7(13)6(12)4-8(9)14/h4-5H,1-3H3,(H,15,16). The molecule has 0 radical (unpaired) electrons. The summed E-state index contributed by atoms with van der Waals surface area (Å²) < 4.78 is 44.0. The number of carbonyl (C=O) groups is 1. The highest BCUT2D eigenvalue weighted by atomic mass is 79.9. The third kappa shape index (κ3) is 4.60. The number of halogens is 3. The first kappa shape index (κ1) is 17.2. The first-order chi connectivity index (χ1) is 8.92. The summed E-state index contributed by atoms with van der Waals surface area (Å²) in [4.78, 5) is 10.7. The lowest BCUT2D eigenvalue weighted by molar-refractivity contribution is 0.0570. The predicted molar refractivity (Wildman–Crippen MR) is 75.7 cm³/mol. The smallest absolute Gasteiger partial charge is 0.421 e. The number of sulfonamides is 1. The molecule has 0 fully saturated rings. The van der Waals surface area contributed by atoms with Gasteiger partial charge in [0.2, 0.25) is 0 Å². The third-order valence-electron chi connectivity index (χ3n) is 1.88. The highest BCUT2D eigenvalue weighted by molar-refractivity contribution is 9.10. The van der Waals surface area contributed by atoms with Gasteiger partial charge in [-0.1, -0.05) is 11.6 Å². The number of hydrogen-bond donors (Lipinski definition) is 1. The molecule has 20 heavy (non-hydrogen) atoms. The van der Waals surface area contributed by atoms with Gasteiger partial charge in [-0.15, -0.1) is 0 Å². The van der Waals surface area contributed by atoms with Gasteiger partial charge in [-0.3, -0.25) is 0 Å². The van der Waals surface area contributed by atoms with E-state index < -0.39 is 32.4 Å². The van der Waals surface area contributed by atoms with E-state index in [1.54, 1.807) is 25.5 Å². The quantitative estimate of drug-likeness (QED) is 0.788. The van der Waals surface area contributed by atoms with Gasteiger partial charge in [0.15, 0.2) is 0 Å². The van der Waals surface area contributed by atoms with Gasteiger partial charge in [0.25, 0.3) is 10.0 Å². The van der Waals surface area contributed by atoms with Crippen molar-refractivity contribution in [1.82, 2.24) is 4.72 Å². The molecule has 0 aliphatic heterocycles. The van der Waals surface area contributed by atoms with Gasteiger partial charge in [0.1, 0.15) is 16.3 Å². The maximum atomic E-state index is 13.7. The average molecular weight is 389 g/mol. The van der Waals surface area contributed by atoms with E-state index in [1.165, 1.54) is 0 Å². The summed E-state index contributed by atoms with van der Waals surface area (Å²) in [5, 5.41) is -0.00374. The number of ether oxygens (including phenoxy) is 1. The van der Waals surface area contributed by atoms with E-state index in [9.17, 15) is 17.6 Å². The summed E-state index contributed by atoms with van der Waals surface area (Å²) in [5.41, 5.74) is -0.879. The van der Waals surface area contributed by atoms with Crippen LogP contribution in [0, 0.1) is 5.82 Å². The van der Waals surface area contributed by atoms with Crippen molar-refractivity contribution in [3.8, 4) is 0 Å². The Morgan fingerprint density at radius 1 is 1.40 bits per heavy atom. The highest BCUT2D eigenvalue weighted by Gasteiger charge is 2.26. The molecule has 1 aromatic rings. The van der Waals surface area contributed by atoms with E-state index in [-0.39, 0.29) is 9.50 Å². The van der Waals surface area contributed by atoms with Crippen LogP contribution in [0.5, 0.6) is 0 Å². The molecular formula is C11H12BrClFNO4S. The van der Waals surface area contributed by atoms with Crippen molar-refractivity contribution in [2.45, 2.75) is 31.3 Å². The van der Waals surface area contributed by atoms with E-state index >= 15 is 0 Å². The highest BCUT2D eigenvalue weighted by Crippen LogP contribution is 2.28. The normalized spacial score (nSPS) is 12.1. The minimum atomic E-state index is -4.41. The van der Waals surface area contributed by atoms with Gasteiger partial charge in [-0.25, -0.2) is 22.3 Å². The van der Waals surface area contributed by atoms with Crippen molar-refractivity contribution < 1.29 is 22.3 Å². The molecule has 0 spiro atoms. The Morgan fingerprint density at radius 3 is 2.45 bits per heavy atom. The van der Waals surface area contributed by atoms with Gasteiger partial charge in [0, 0.05) is 4.47 Å². The minimum Gasteiger partial charge on any atom is -0.443 e. The average Bonchev–Trinajstić information content (AvgIpc) is 2.19. The fourth-order valence-corrected chi connectivity index (χ4v) is 2.68. The molecule has 112 valence electrons. The number of amides is 1. The molecule has 0 unspecified atom stereocenters. The van der Waals surface area contributed by atoms with Crippen molar-refractivity contribution in [3.05, 3.63) is 27.4 Å². The van der Waals surface area contributed by atoms with E-state index in [4.69, 9.17) is 16.3 Å². The van der Waals surface area contributed by atoms with Crippen LogP contribution in [0.2, 0.25) is 5.02 Å². The number of hydrogen-bond acceptors (Lipinski definition) is 4. The molecule has 0 bridgehead atoms. The monoisotopic (exact) mass is 387 g/mol. The molecule has 0 aliphatic carbocycles. The molecule has 1 rings (SSSR count). The molecule has 0 atom stereocenters. The van der Waals surface area contributed by atoms with Crippen LogP contribution in [0.25, 0.3) is 0 Å². The van der Waals surface area contributed by atoms with E-state index in [0.717, 1.165) is 12.1 Å². The second-order valence-electron chi connectivity index (χ2n) is 4.80. The second kappa shape index (κ2) is 5.87. The third-order valence-corrected chi connectivity index (χ3v) is 4.41. The van der Waals surface area contributed by atoms with Gasteiger partial charge in [-0.05, 0) is 48.8 Å². The maximum absolute atomic E-state index is 13.7. The molecule has 0 saturated carbocycles. The summed E-state index contributed by atoms with van der Waals surface area (Å²) in [6.07, 6.45) is -1.20. The second-order valence-corrected chi connectivity index (χ2v) is 7.72. The fourth-order valence-electron chi connectivity index (χ4n) is 1.17. The number of carbonyl (C=O) groups excluding carboxylic acids is 1. The van der Waals surface area contributed by atoms with E-state index in [0.29, 0.717) is 0 Å². The maximum Gasteiger partial charge on any atom is 0.421 e. The largest absolute Gasteiger partial charge is 0.443 e. The summed E-state index contributed by atoms with van der Waals surface area (Å²) in [7, 11) is -4.41. The topological polar surface area (TPSA) is 72.5 Å². The summed E-state index contributed by atoms with van der Waals surface area (Å²) in [5.74, 6) is -1.04. The predicted octanol–water partition coefficient (Wildman–Crippen LogP) is 3.46. The zero-order valence-electron chi connectivity index (χ0n) is 10.8. The van der Waals surface area contributed by atoms with Crippen LogP contribution in [0.3, 0.4) is 0 Å². The van der Waals surface area contributed by atoms with Gasteiger partial charge < -0.3 is 4.74 Å². The number of rotatable bonds is 2. The Bertz CT molecular complexity index is 643. The Kier molecular flexibility index (Phi) is 5.04. The van der Waals surface area contributed by atoms with Gasteiger partial charge in [0.05, 0.1) is 5.02 Å². The van der Waals surface area contributed by atoms with Crippen molar-refractivity contribution >= 4 is 43.6 Å². The Morgan fingerprint density at radius 2 is 1.95 bits per heavy atom. The molecule has 0 heterocycles. The lowest BCUT2D eigenvalue weighted by atomic mass is 10.2. The molecular weight excluding hydrogens is 377 g/mol. The number of nitrogens with one attached hydrogen (secondary N) is 1. The molecule has 9 heteroatoms. The van der Waals surface area contributed by atoms with Crippen molar-refractivity contribution in [1.29, 1.82) is 0 Å². The Hall–Kier alpha value is -0.860. The van der Waals surface area contributed by atoms with Crippen LogP contribution in [-0.2, 0) is 14.8 Å². The fraction of sp³-hybridized carbons (Fsp3) is 0.364. The molecule has 0 aliphatic rings. The van der Waals surface area contributed by atoms with Crippen LogP contribution < -0.4 is 4.72 Å². The molecule has 1 amide bonds. The molecule has 5 nitrogen and oxygen atoms in total. The summed E-state index contributed by atoms with van der Waals surface area (Å²) in [6.45, 7) is 4.70. The zero-order valence-corrected chi connectivity index (χ0v) is 14.0. The molecule has 1 aromatic carbocycles. The SMILES string of the molecule is CC(C)(C)OC(=O)NS(=O)(=O)c1cc(Cl)c(Br)cc1F. The Labute approximate surface area is 129 Å². The van der Waals surface area contributed by atoms with E-state index in [2.05, 4.69) is 15.9 Å². The van der Waals surface area contributed by atoms with Gasteiger partial charge >= 0.3 is 6.09 Å². The summed E-state index contributed by atoms with van der Waals surface area (Å²) in [6, 6.07) is 1.79. The lowest BCUT2D eigenvalue weighted by Gasteiger charge is -2.19. The van der Waals surface area contributed by atoms with Crippen LogP contribution in [0.15, 0.2) is 21.5 Å².